The van der Waals surface area contributed by atoms with Crippen LogP contribution in [-0.4, -0.2) is 0 Å². The zero-order valence-corrected chi connectivity index (χ0v) is 13.7. The Morgan fingerprint density at radius 1 is 0.864 bits per heavy atom. The van der Waals surface area contributed by atoms with Crippen molar-refractivity contribution < 1.29 is 0 Å². The van der Waals surface area contributed by atoms with Gasteiger partial charge in [0.25, 0.3) is 0 Å². The van der Waals surface area contributed by atoms with Gasteiger partial charge in [0.05, 0.1) is 11.6 Å². The van der Waals surface area contributed by atoms with E-state index in [4.69, 9.17) is 5.26 Å². The van der Waals surface area contributed by atoms with Crippen molar-refractivity contribution in [1.82, 2.24) is 0 Å². The van der Waals surface area contributed by atoms with E-state index in [1.807, 2.05) is 24.3 Å². The van der Waals surface area contributed by atoms with E-state index < -0.39 is 0 Å². The minimum Gasteiger partial charge on any atom is -0.192 e. The summed E-state index contributed by atoms with van der Waals surface area (Å²) in [6, 6.07) is 18.8. The summed E-state index contributed by atoms with van der Waals surface area (Å²) in [5.41, 5.74) is 4.52. The average molecular weight is 291 g/mol. The summed E-state index contributed by atoms with van der Waals surface area (Å²) in [5, 5.41) is 8.85. The molecule has 1 nitrogen and oxygen atoms in total. The Morgan fingerprint density at radius 3 is 2.00 bits per heavy atom. The highest BCUT2D eigenvalue weighted by molar-refractivity contribution is 5.64. The van der Waals surface area contributed by atoms with E-state index in [2.05, 4.69) is 44.2 Å². The number of rotatable bonds is 7. The van der Waals surface area contributed by atoms with Crippen molar-refractivity contribution in [3.63, 3.8) is 0 Å². The van der Waals surface area contributed by atoms with Crippen LogP contribution < -0.4 is 0 Å². The number of nitrogens with zero attached hydrogens (tertiary/aromatic N) is 1. The molecule has 0 heterocycles. The molecule has 22 heavy (non-hydrogen) atoms. The molecule has 0 aliphatic heterocycles. The quantitative estimate of drug-likeness (QED) is 0.549. The van der Waals surface area contributed by atoms with Gasteiger partial charge in [0.15, 0.2) is 0 Å². The van der Waals surface area contributed by atoms with Gasteiger partial charge in [-0.25, -0.2) is 0 Å². The van der Waals surface area contributed by atoms with Crippen molar-refractivity contribution in [3.8, 4) is 17.2 Å². The molecule has 0 spiro atoms. The summed E-state index contributed by atoms with van der Waals surface area (Å²) in [7, 11) is 0. The molecule has 0 saturated carbocycles. The molecule has 0 radical (unpaired) electrons. The Kier molecular flexibility index (Phi) is 6.22. The molecule has 2 rings (SSSR count). The Bertz CT molecular complexity index is 602. The first-order valence-electron chi connectivity index (χ1n) is 8.35. The minimum atomic E-state index is 0.631. The second-order valence-electron chi connectivity index (χ2n) is 6.06. The van der Waals surface area contributed by atoms with Gasteiger partial charge in [0.2, 0.25) is 0 Å². The lowest BCUT2D eigenvalue weighted by molar-refractivity contribution is 0.580. The van der Waals surface area contributed by atoms with E-state index in [1.165, 1.54) is 48.8 Å². The van der Waals surface area contributed by atoms with Gasteiger partial charge in [-0.2, -0.15) is 5.26 Å². The lowest BCUT2D eigenvalue weighted by atomic mass is 9.93. The van der Waals surface area contributed by atoms with Gasteiger partial charge in [-0.3, -0.25) is 0 Å². The Hall–Kier alpha value is -2.07. The molecule has 2 aromatic carbocycles. The minimum absolute atomic E-state index is 0.631. The fourth-order valence-electron chi connectivity index (χ4n) is 2.79. The van der Waals surface area contributed by atoms with Crippen LogP contribution in [0.3, 0.4) is 0 Å². The zero-order valence-electron chi connectivity index (χ0n) is 13.7. The highest BCUT2D eigenvalue weighted by Crippen LogP contribution is 2.26. The Morgan fingerprint density at radius 2 is 1.45 bits per heavy atom. The van der Waals surface area contributed by atoms with Crippen LogP contribution in [0.15, 0.2) is 48.5 Å². The molecular weight excluding hydrogens is 266 g/mol. The average Bonchev–Trinajstić information content (AvgIpc) is 2.59. The van der Waals surface area contributed by atoms with Gasteiger partial charge in [0.1, 0.15) is 0 Å². The summed E-state index contributed by atoms with van der Waals surface area (Å²) < 4.78 is 0. The van der Waals surface area contributed by atoms with Gasteiger partial charge in [0, 0.05) is 0 Å². The molecule has 2 aromatic rings. The normalized spacial score (nSPS) is 11.9. The van der Waals surface area contributed by atoms with E-state index in [-0.39, 0.29) is 0 Å². The third kappa shape index (κ3) is 4.46. The monoisotopic (exact) mass is 291 g/mol. The van der Waals surface area contributed by atoms with Gasteiger partial charge < -0.3 is 0 Å². The number of hydrogen-bond acceptors (Lipinski definition) is 1. The Balaban J connectivity index is 1.98. The molecule has 0 aliphatic rings. The van der Waals surface area contributed by atoms with E-state index in [1.54, 1.807) is 0 Å². The summed E-state index contributed by atoms with van der Waals surface area (Å²) in [6.07, 6.45) is 6.60. The predicted molar refractivity (Wildman–Crippen MR) is 93.8 cm³/mol. The Labute approximate surface area is 134 Å². The molecule has 1 heteroatoms. The third-order valence-electron chi connectivity index (χ3n) is 4.32. The van der Waals surface area contributed by atoms with Crippen LogP contribution in [0.4, 0.5) is 0 Å². The highest BCUT2D eigenvalue weighted by atomic mass is 14.2. The van der Waals surface area contributed by atoms with Crippen LogP contribution in [0.25, 0.3) is 11.1 Å². The van der Waals surface area contributed by atoms with Crippen LogP contribution in [0.5, 0.6) is 0 Å². The molecular formula is C21H25N. The highest BCUT2D eigenvalue weighted by Gasteiger charge is 2.06. The molecule has 0 amide bonds. The van der Waals surface area contributed by atoms with Crippen molar-refractivity contribution in [2.75, 3.05) is 0 Å². The smallest absolute Gasteiger partial charge is 0.0991 e. The van der Waals surface area contributed by atoms with Crippen LogP contribution in [0.2, 0.25) is 0 Å². The van der Waals surface area contributed by atoms with E-state index in [9.17, 15) is 0 Å². The van der Waals surface area contributed by atoms with Crippen molar-refractivity contribution in [2.24, 2.45) is 0 Å². The van der Waals surface area contributed by atoms with E-state index in [0.717, 1.165) is 0 Å². The largest absolute Gasteiger partial charge is 0.192 e. The molecule has 0 aromatic heterocycles. The molecule has 114 valence electrons. The van der Waals surface area contributed by atoms with Crippen LogP contribution in [-0.2, 0) is 0 Å². The van der Waals surface area contributed by atoms with E-state index >= 15 is 0 Å². The lowest BCUT2D eigenvalue weighted by Gasteiger charge is -2.12. The van der Waals surface area contributed by atoms with Gasteiger partial charge in [-0.05, 0) is 41.2 Å². The molecule has 0 aliphatic carbocycles. The molecule has 0 saturated heterocycles. The molecule has 0 N–H and O–H groups in total. The number of unbranched alkanes of at least 4 members (excludes halogenated alkanes) is 3. The number of benzene rings is 2. The zero-order chi connectivity index (χ0) is 15.8. The second-order valence-corrected chi connectivity index (χ2v) is 6.06. The molecule has 0 fully saturated rings. The van der Waals surface area contributed by atoms with Crippen molar-refractivity contribution in [3.05, 3.63) is 59.7 Å². The van der Waals surface area contributed by atoms with Gasteiger partial charge in [-0.15, -0.1) is 0 Å². The summed E-state index contributed by atoms with van der Waals surface area (Å²) in [6.45, 7) is 4.58. The summed E-state index contributed by atoms with van der Waals surface area (Å²) in [5.74, 6) is 0.631. The summed E-state index contributed by atoms with van der Waals surface area (Å²) >= 11 is 0. The predicted octanol–water partition coefficient (Wildman–Crippen LogP) is 6.30. The van der Waals surface area contributed by atoms with Crippen LogP contribution in [0.1, 0.15) is 63.0 Å². The second kappa shape index (κ2) is 8.39. The molecule has 0 unspecified atom stereocenters. The SMILES string of the molecule is CCCCCC[C@H](C)c1ccc(-c2ccc(C#N)cc2)cc1. The van der Waals surface area contributed by atoms with Crippen molar-refractivity contribution >= 4 is 0 Å². The number of nitriles is 1. The lowest BCUT2D eigenvalue weighted by Crippen LogP contribution is -1.94. The first-order valence-corrected chi connectivity index (χ1v) is 8.35. The van der Waals surface area contributed by atoms with Crippen molar-refractivity contribution in [1.29, 1.82) is 5.26 Å². The standard InChI is InChI=1S/C21H25N/c1-3-4-5-6-7-17(2)19-12-14-21(15-13-19)20-10-8-18(16-22)9-11-20/h8-15,17H,3-7H2,1-2H3/t17-/m0/s1. The van der Waals surface area contributed by atoms with E-state index in [0.29, 0.717) is 11.5 Å². The van der Waals surface area contributed by atoms with Gasteiger partial charge in [-0.1, -0.05) is 75.9 Å². The number of hydrogen-bond donors (Lipinski definition) is 0. The first-order chi connectivity index (χ1) is 10.7. The van der Waals surface area contributed by atoms with Crippen LogP contribution >= 0.6 is 0 Å². The fourth-order valence-corrected chi connectivity index (χ4v) is 2.79. The molecule has 1 atom stereocenters. The van der Waals surface area contributed by atoms with Crippen molar-refractivity contribution in [2.45, 2.75) is 51.9 Å². The fraction of sp³-hybridized carbons (Fsp3) is 0.381. The summed E-state index contributed by atoms with van der Waals surface area (Å²) in [4.78, 5) is 0. The third-order valence-corrected chi connectivity index (χ3v) is 4.32. The maximum Gasteiger partial charge on any atom is 0.0991 e. The molecule has 0 bridgehead atoms. The van der Waals surface area contributed by atoms with Crippen LogP contribution in [0, 0.1) is 11.3 Å². The first kappa shape index (κ1) is 16.3. The topological polar surface area (TPSA) is 23.8 Å². The maximum absolute atomic E-state index is 8.85. The maximum atomic E-state index is 8.85. The van der Waals surface area contributed by atoms with Gasteiger partial charge >= 0.3 is 0 Å².